The summed E-state index contributed by atoms with van der Waals surface area (Å²) in [6.07, 6.45) is -0.982. The minimum absolute atomic E-state index is 0.0229. The highest BCUT2D eigenvalue weighted by Gasteiger charge is 2.31. The number of nitrogens with zero attached hydrogens (tertiary/aromatic N) is 2. The van der Waals surface area contributed by atoms with E-state index in [1.54, 1.807) is 4.90 Å². The number of alkyl halides is 3. The van der Waals surface area contributed by atoms with E-state index in [2.05, 4.69) is 4.74 Å². The van der Waals surface area contributed by atoms with Gasteiger partial charge in [0.15, 0.2) is 6.61 Å². The molecule has 0 bridgehead atoms. The van der Waals surface area contributed by atoms with Crippen LogP contribution in [0.4, 0.5) is 13.2 Å². The average molecular weight is 384 g/mol. The van der Waals surface area contributed by atoms with Crippen LogP contribution in [0.25, 0.3) is 0 Å². The van der Waals surface area contributed by atoms with Gasteiger partial charge in [-0.2, -0.15) is 13.2 Å². The van der Waals surface area contributed by atoms with E-state index in [9.17, 15) is 22.8 Å². The van der Waals surface area contributed by atoms with Gasteiger partial charge in [-0.25, -0.2) is 0 Å². The Morgan fingerprint density at radius 1 is 0.963 bits per heavy atom. The van der Waals surface area contributed by atoms with Gasteiger partial charge in [-0.05, 0) is 49.9 Å². The van der Waals surface area contributed by atoms with Crippen molar-refractivity contribution in [1.29, 1.82) is 0 Å². The number of carbonyl (C=O) groups excluding carboxylic acids is 2. The maximum absolute atomic E-state index is 12.6. The molecule has 0 radical (unpaired) electrons. The van der Waals surface area contributed by atoms with E-state index in [-0.39, 0.29) is 23.5 Å². The van der Waals surface area contributed by atoms with Crippen LogP contribution in [0.1, 0.15) is 36.0 Å². The molecular weight excluding hydrogens is 361 g/mol. The fourth-order valence-corrected chi connectivity index (χ4v) is 3.57. The summed E-state index contributed by atoms with van der Waals surface area (Å²) in [5, 5.41) is 0. The Morgan fingerprint density at radius 3 is 2.11 bits per heavy atom. The molecule has 0 aromatic heterocycles. The number of halogens is 3. The molecule has 2 aliphatic rings. The Kier molecular flexibility index (Phi) is 5.92. The number of hydrogen-bond donors (Lipinski definition) is 0. The summed E-state index contributed by atoms with van der Waals surface area (Å²) in [5.74, 6) is 0.0688. The van der Waals surface area contributed by atoms with Crippen LogP contribution in [0, 0.1) is 5.92 Å². The lowest BCUT2D eigenvalue weighted by Crippen LogP contribution is -2.43. The third kappa shape index (κ3) is 5.14. The predicted molar refractivity (Wildman–Crippen MR) is 92.4 cm³/mol. The minimum Gasteiger partial charge on any atom is -0.484 e. The number of benzene rings is 1. The molecule has 0 N–H and O–H groups in total. The maximum atomic E-state index is 12.6. The summed E-state index contributed by atoms with van der Waals surface area (Å²) in [6.45, 7) is 1.32. The summed E-state index contributed by atoms with van der Waals surface area (Å²) >= 11 is 0. The van der Waals surface area contributed by atoms with Gasteiger partial charge in [-0.1, -0.05) is 0 Å². The van der Waals surface area contributed by atoms with Crippen molar-refractivity contribution in [2.24, 2.45) is 5.92 Å². The lowest BCUT2D eigenvalue weighted by molar-refractivity contribution is -0.153. The topological polar surface area (TPSA) is 49.9 Å². The third-order valence-electron chi connectivity index (χ3n) is 5.05. The molecule has 0 spiro atoms. The summed E-state index contributed by atoms with van der Waals surface area (Å²) in [5.41, 5.74) is 0.402. The normalized spacial score (nSPS) is 18.6. The highest BCUT2D eigenvalue weighted by molar-refractivity contribution is 5.94. The number of piperidine rings is 1. The van der Waals surface area contributed by atoms with E-state index in [0.717, 1.165) is 25.9 Å². The molecular formula is C19H23F3N2O3. The summed E-state index contributed by atoms with van der Waals surface area (Å²) in [7, 11) is 0. The predicted octanol–water partition coefficient (Wildman–Crippen LogP) is 3.10. The fourth-order valence-electron chi connectivity index (χ4n) is 3.57. The largest absolute Gasteiger partial charge is 0.484 e. The molecule has 148 valence electrons. The molecule has 2 aliphatic heterocycles. The van der Waals surface area contributed by atoms with Crippen LogP contribution in [0.5, 0.6) is 5.75 Å². The molecule has 0 unspecified atom stereocenters. The van der Waals surface area contributed by atoms with Crippen LogP contribution in [-0.2, 0) is 4.79 Å². The molecule has 2 heterocycles. The molecule has 0 saturated carbocycles. The van der Waals surface area contributed by atoms with Gasteiger partial charge in [-0.15, -0.1) is 0 Å². The first-order valence-corrected chi connectivity index (χ1v) is 9.21. The molecule has 3 rings (SSSR count). The molecule has 2 amide bonds. The van der Waals surface area contributed by atoms with Crippen molar-refractivity contribution in [2.75, 3.05) is 32.8 Å². The average Bonchev–Trinajstić information content (AvgIpc) is 3.20. The number of rotatable bonds is 4. The zero-order valence-corrected chi connectivity index (χ0v) is 15.0. The number of carbonyl (C=O) groups is 2. The molecule has 1 aromatic rings. The monoisotopic (exact) mass is 384 g/mol. The zero-order valence-electron chi connectivity index (χ0n) is 15.0. The van der Waals surface area contributed by atoms with Gasteiger partial charge in [0, 0.05) is 37.7 Å². The Balaban J connectivity index is 1.50. The number of hydrogen-bond acceptors (Lipinski definition) is 3. The smallest absolute Gasteiger partial charge is 0.422 e. The molecule has 5 nitrogen and oxygen atoms in total. The van der Waals surface area contributed by atoms with E-state index in [0.29, 0.717) is 31.5 Å². The fraction of sp³-hybridized carbons (Fsp3) is 0.579. The van der Waals surface area contributed by atoms with Crippen LogP contribution < -0.4 is 4.74 Å². The molecule has 1 aromatic carbocycles. The van der Waals surface area contributed by atoms with Crippen molar-refractivity contribution >= 4 is 11.8 Å². The van der Waals surface area contributed by atoms with Gasteiger partial charge in [0.1, 0.15) is 5.75 Å². The van der Waals surface area contributed by atoms with Crippen LogP contribution >= 0.6 is 0 Å². The van der Waals surface area contributed by atoms with E-state index < -0.39 is 12.8 Å². The molecule has 27 heavy (non-hydrogen) atoms. The maximum Gasteiger partial charge on any atom is 0.422 e. The minimum atomic E-state index is -4.40. The van der Waals surface area contributed by atoms with Crippen LogP contribution in [0.3, 0.4) is 0 Å². The Labute approximate surface area is 156 Å². The lowest BCUT2D eigenvalue weighted by Gasteiger charge is -2.33. The van der Waals surface area contributed by atoms with Crippen molar-refractivity contribution in [2.45, 2.75) is 31.9 Å². The van der Waals surface area contributed by atoms with Crippen molar-refractivity contribution < 1.29 is 27.5 Å². The quantitative estimate of drug-likeness (QED) is 0.802. The Hall–Kier alpha value is -2.25. The van der Waals surface area contributed by atoms with E-state index >= 15 is 0 Å². The van der Waals surface area contributed by atoms with E-state index in [1.165, 1.54) is 24.3 Å². The van der Waals surface area contributed by atoms with Gasteiger partial charge in [-0.3, -0.25) is 9.59 Å². The first-order valence-electron chi connectivity index (χ1n) is 9.21. The Morgan fingerprint density at radius 2 is 1.56 bits per heavy atom. The highest BCUT2D eigenvalue weighted by atomic mass is 19.4. The van der Waals surface area contributed by atoms with Crippen LogP contribution in [-0.4, -0.2) is 60.6 Å². The van der Waals surface area contributed by atoms with E-state index in [4.69, 9.17) is 0 Å². The van der Waals surface area contributed by atoms with Crippen LogP contribution in [0.15, 0.2) is 24.3 Å². The highest BCUT2D eigenvalue weighted by Crippen LogP contribution is 2.24. The van der Waals surface area contributed by atoms with Gasteiger partial charge in [0.2, 0.25) is 5.91 Å². The second-order valence-electron chi connectivity index (χ2n) is 7.03. The second-order valence-corrected chi connectivity index (χ2v) is 7.03. The zero-order chi connectivity index (χ0) is 19.4. The SMILES string of the molecule is O=C(c1ccc(OCC(F)(F)F)cc1)N1CCC(C(=O)N2CCCC2)CC1. The van der Waals surface area contributed by atoms with Gasteiger partial charge in [0.25, 0.3) is 5.91 Å². The summed E-state index contributed by atoms with van der Waals surface area (Å²) in [4.78, 5) is 28.6. The first-order chi connectivity index (χ1) is 12.8. The molecule has 2 fully saturated rings. The summed E-state index contributed by atoms with van der Waals surface area (Å²) < 4.78 is 41.1. The van der Waals surface area contributed by atoms with Gasteiger partial charge < -0.3 is 14.5 Å². The van der Waals surface area contributed by atoms with Crippen LogP contribution in [0.2, 0.25) is 0 Å². The van der Waals surface area contributed by atoms with Crippen molar-refractivity contribution in [3.63, 3.8) is 0 Å². The first kappa shape index (κ1) is 19.5. The molecule has 2 saturated heterocycles. The summed E-state index contributed by atoms with van der Waals surface area (Å²) in [6, 6.07) is 5.66. The lowest BCUT2D eigenvalue weighted by atomic mass is 9.95. The number of amides is 2. The van der Waals surface area contributed by atoms with Gasteiger partial charge >= 0.3 is 6.18 Å². The standard InChI is InChI=1S/C19H23F3N2O3/c20-19(21,22)13-27-16-5-3-14(4-6-16)17(25)24-11-7-15(8-12-24)18(26)23-9-1-2-10-23/h3-6,15H,1-2,7-13H2. The van der Waals surface area contributed by atoms with E-state index in [1.807, 2.05) is 4.90 Å². The number of ether oxygens (including phenoxy) is 1. The number of likely N-dealkylation sites (tertiary alicyclic amines) is 2. The van der Waals surface area contributed by atoms with Gasteiger partial charge in [0.05, 0.1) is 0 Å². The van der Waals surface area contributed by atoms with Crippen molar-refractivity contribution in [3.05, 3.63) is 29.8 Å². The second kappa shape index (κ2) is 8.19. The molecule has 0 atom stereocenters. The Bertz CT molecular complexity index is 662. The van der Waals surface area contributed by atoms with Crippen molar-refractivity contribution in [1.82, 2.24) is 9.80 Å². The molecule has 0 aliphatic carbocycles. The molecule has 8 heteroatoms. The third-order valence-corrected chi connectivity index (χ3v) is 5.05. The van der Waals surface area contributed by atoms with Crippen molar-refractivity contribution in [3.8, 4) is 5.75 Å².